The van der Waals surface area contributed by atoms with Crippen molar-refractivity contribution in [2.24, 2.45) is 0 Å². The van der Waals surface area contributed by atoms with Crippen LogP contribution in [-0.4, -0.2) is 24.0 Å². The Kier molecular flexibility index (Phi) is 6.22. The van der Waals surface area contributed by atoms with Crippen molar-refractivity contribution >= 4 is 28.5 Å². The van der Waals surface area contributed by atoms with Crippen LogP contribution in [0.5, 0.6) is 0 Å². The van der Waals surface area contributed by atoms with Crippen molar-refractivity contribution in [1.29, 1.82) is 0 Å². The second-order valence-electron chi connectivity index (χ2n) is 7.32. The Labute approximate surface area is 184 Å². The smallest absolute Gasteiger partial charge is 0.337 e. The third-order valence-corrected chi connectivity index (χ3v) is 5.17. The van der Waals surface area contributed by atoms with E-state index < -0.39 is 18.0 Å². The number of carbonyl (C=O) groups excluding carboxylic acids is 2. The zero-order valence-electron chi connectivity index (χ0n) is 17.4. The van der Waals surface area contributed by atoms with E-state index in [1.165, 1.54) is 7.11 Å². The van der Waals surface area contributed by atoms with E-state index in [1.54, 1.807) is 66.9 Å². The summed E-state index contributed by atoms with van der Waals surface area (Å²) in [7, 11) is 1.30. The molecule has 0 aliphatic heterocycles. The molecule has 0 radical (unpaired) electrons. The van der Waals surface area contributed by atoms with Crippen LogP contribution in [-0.2, 0) is 11.2 Å². The number of rotatable bonds is 6. The van der Waals surface area contributed by atoms with Crippen molar-refractivity contribution in [2.45, 2.75) is 12.6 Å². The van der Waals surface area contributed by atoms with Crippen molar-refractivity contribution < 1.29 is 18.7 Å². The molecule has 32 heavy (non-hydrogen) atoms. The van der Waals surface area contributed by atoms with Crippen molar-refractivity contribution in [3.05, 3.63) is 107 Å². The molecule has 0 bridgehead atoms. The number of hydrogen-bond donors (Lipinski definition) is 1. The van der Waals surface area contributed by atoms with Gasteiger partial charge in [-0.1, -0.05) is 42.5 Å². The van der Waals surface area contributed by atoms with Gasteiger partial charge in [-0.3, -0.25) is 9.78 Å². The summed E-state index contributed by atoms with van der Waals surface area (Å²) in [5, 5.41) is 3.80. The number of carbonyl (C=O) groups is 2. The average molecular weight is 428 g/mol. The number of methoxy groups -OCH3 is 1. The van der Waals surface area contributed by atoms with E-state index >= 15 is 4.39 Å². The van der Waals surface area contributed by atoms with Gasteiger partial charge in [0.25, 0.3) is 5.91 Å². The van der Waals surface area contributed by atoms with E-state index in [2.05, 4.69) is 10.3 Å². The Morgan fingerprint density at radius 1 is 1.00 bits per heavy atom. The SMILES string of the molecule is COC(=O)c1cccc(CC(F)c2ccccc2C(=O)Nc2ccc3cccnc3c2)c1. The minimum atomic E-state index is -1.43. The molecule has 0 saturated carbocycles. The number of pyridine rings is 1. The maximum atomic E-state index is 15.3. The number of amides is 1. The molecular weight excluding hydrogens is 407 g/mol. The van der Waals surface area contributed by atoms with Gasteiger partial charge >= 0.3 is 5.97 Å². The summed E-state index contributed by atoms with van der Waals surface area (Å²) >= 11 is 0. The lowest BCUT2D eigenvalue weighted by atomic mass is 9.96. The summed E-state index contributed by atoms with van der Waals surface area (Å²) in [6.07, 6.45) is 0.282. The van der Waals surface area contributed by atoms with Crippen molar-refractivity contribution in [3.8, 4) is 0 Å². The molecule has 160 valence electrons. The minimum absolute atomic E-state index is 0.0228. The lowest BCUT2D eigenvalue weighted by Gasteiger charge is -2.14. The first-order valence-corrected chi connectivity index (χ1v) is 10.1. The van der Waals surface area contributed by atoms with E-state index in [4.69, 9.17) is 4.74 Å². The second-order valence-corrected chi connectivity index (χ2v) is 7.32. The number of benzene rings is 3. The number of aromatic nitrogens is 1. The number of fused-ring (bicyclic) bond motifs is 1. The fourth-order valence-electron chi connectivity index (χ4n) is 3.58. The van der Waals surface area contributed by atoms with Crippen LogP contribution in [0.15, 0.2) is 85.1 Å². The van der Waals surface area contributed by atoms with Gasteiger partial charge in [-0.15, -0.1) is 0 Å². The average Bonchev–Trinajstić information content (AvgIpc) is 2.83. The Morgan fingerprint density at radius 2 is 1.84 bits per heavy atom. The van der Waals surface area contributed by atoms with Gasteiger partial charge in [-0.05, 0) is 47.5 Å². The van der Waals surface area contributed by atoms with E-state index in [1.807, 2.05) is 18.2 Å². The topological polar surface area (TPSA) is 68.3 Å². The highest BCUT2D eigenvalue weighted by Crippen LogP contribution is 2.27. The van der Waals surface area contributed by atoms with Gasteiger partial charge in [0, 0.05) is 29.3 Å². The molecule has 5 nitrogen and oxygen atoms in total. The van der Waals surface area contributed by atoms with Crippen LogP contribution in [0.25, 0.3) is 10.9 Å². The molecule has 0 aliphatic carbocycles. The number of halogens is 1. The van der Waals surface area contributed by atoms with Crippen LogP contribution >= 0.6 is 0 Å². The predicted octanol–water partition coefficient (Wildman–Crippen LogP) is 5.53. The summed E-state index contributed by atoms with van der Waals surface area (Å²) in [5.74, 6) is -0.881. The quantitative estimate of drug-likeness (QED) is 0.410. The predicted molar refractivity (Wildman–Crippen MR) is 121 cm³/mol. The van der Waals surface area contributed by atoms with Crippen LogP contribution in [0, 0.1) is 0 Å². The lowest BCUT2D eigenvalue weighted by Crippen LogP contribution is -2.15. The highest BCUT2D eigenvalue weighted by atomic mass is 19.1. The standard InChI is InChI=1S/C26H21FN2O3/c1-32-26(31)19-7-4-6-17(14-19)15-23(27)21-9-2-3-10-22(21)25(30)29-20-12-11-18-8-5-13-28-24(18)16-20/h2-14,16,23H,15H2,1H3,(H,29,30). The summed E-state index contributed by atoms with van der Waals surface area (Å²) in [6.45, 7) is 0. The van der Waals surface area contributed by atoms with Crippen LogP contribution in [0.3, 0.4) is 0 Å². The van der Waals surface area contributed by atoms with Gasteiger partial charge in [0.15, 0.2) is 0 Å². The van der Waals surface area contributed by atoms with Gasteiger partial charge in [-0.25, -0.2) is 9.18 Å². The van der Waals surface area contributed by atoms with Gasteiger partial charge in [-0.2, -0.15) is 0 Å². The van der Waals surface area contributed by atoms with Gasteiger partial charge < -0.3 is 10.1 Å². The molecule has 6 heteroatoms. The molecular formula is C26H21FN2O3. The molecule has 1 atom stereocenters. The highest BCUT2D eigenvalue weighted by Gasteiger charge is 2.20. The zero-order chi connectivity index (χ0) is 22.5. The molecule has 1 N–H and O–H groups in total. The van der Waals surface area contributed by atoms with E-state index in [-0.39, 0.29) is 17.5 Å². The molecule has 4 rings (SSSR count). The molecule has 0 fully saturated rings. The van der Waals surface area contributed by atoms with Crippen molar-refractivity contribution in [1.82, 2.24) is 4.98 Å². The molecule has 1 heterocycles. The molecule has 1 unspecified atom stereocenters. The maximum Gasteiger partial charge on any atom is 0.337 e. The first-order valence-electron chi connectivity index (χ1n) is 10.1. The first-order chi connectivity index (χ1) is 15.5. The normalized spacial score (nSPS) is 11.7. The molecule has 1 amide bonds. The Hall–Kier alpha value is -4.06. The third-order valence-electron chi connectivity index (χ3n) is 5.17. The fraction of sp³-hybridized carbons (Fsp3) is 0.115. The zero-order valence-corrected chi connectivity index (χ0v) is 17.4. The van der Waals surface area contributed by atoms with Gasteiger partial charge in [0.1, 0.15) is 6.17 Å². The van der Waals surface area contributed by atoms with Gasteiger partial charge in [0.2, 0.25) is 0 Å². The van der Waals surface area contributed by atoms with Crippen LogP contribution in [0.2, 0.25) is 0 Å². The van der Waals surface area contributed by atoms with Crippen molar-refractivity contribution in [2.75, 3.05) is 12.4 Å². The Morgan fingerprint density at radius 3 is 2.69 bits per heavy atom. The van der Waals surface area contributed by atoms with E-state index in [9.17, 15) is 9.59 Å². The number of anilines is 1. The fourth-order valence-corrected chi connectivity index (χ4v) is 3.58. The lowest BCUT2D eigenvalue weighted by molar-refractivity contribution is 0.0600. The summed E-state index contributed by atoms with van der Waals surface area (Å²) in [5.41, 5.74) is 2.87. The minimum Gasteiger partial charge on any atom is -0.465 e. The molecule has 0 saturated heterocycles. The first kappa shape index (κ1) is 21.2. The summed E-state index contributed by atoms with van der Waals surface area (Å²) in [4.78, 5) is 29.0. The maximum absolute atomic E-state index is 15.3. The second kappa shape index (κ2) is 9.39. The molecule has 0 aliphatic rings. The Balaban J connectivity index is 1.55. The largest absolute Gasteiger partial charge is 0.465 e. The van der Waals surface area contributed by atoms with Crippen LogP contribution < -0.4 is 5.32 Å². The molecule has 3 aromatic carbocycles. The monoisotopic (exact) mass is 428 g/mol. The molecule has 1 aromatic heterocycles. The number of ether oxygens (including phenoxy) is 1. The molecule has 4 aromatic rings. The van der Waals surface area contributed by atoms with Gasteiger partial charge in [0.05, 0.1) is 18.2 Å². The number of hydrogen-bond acceptors (Lipinski definition) is 4. The Bertz CT molecular complexity index is 1290. The van der Waals surface area contributed by atoms with E-state index in [0.717, 1.165) is 10.9 Å². The summed E-state index contributed by atoms with van der Waals surface area (Å²) < 4.78 is 20.0. The third kappa shape index (κ3) is 4.64. The summed E-state index contributed by atoms with van der Waals surface area (Å²) in [6, 6.07) is 22.5. The van der Waals surface area contributed by atoms with Crippen molar-refractivity contribution in [3.63, 3.8) is 0 Å². The van der Waals surface area contributed by atoms with E-state index in [0.29, 0.717) is 16.8 Å². The number of esters is 1. The van der Waals surface area contributed by atoms with Crippen LogP contribution in [0.4, 0.5) is 10.1 Å². The number of nitrogens with zero attached hydrogens (tertiary/aromatic N) is 1. The number of alkyl halides is 1. The van der Waals surface area contributed by atoms with Crippen LogP contribution in [0.1, 0.15) is 38.0 Å². The highest BCUT2D eigenvalue weighted by molar-refractivity contribution is 6.06. The number of nitrogens with one attached hydrogen (secondary N) is 1. The molecule has 0 spiro atoms.